The van der Waals surface area contributed by atoms with Crippen LogP contribution in [0.25, 0.3) is 0 Å². The number of methoxy groups -OCH3 is 1. The fourth-order valence-corrected chi connectivity index (χ4v) is 3.77. The number of nitrogens with zero attached hydrogens (tertiary/aromatic N) is 3. The number of carbonyl (C=O) groups excluding carboxylic acids is 1. The second-order valence-electron chi connectivity index (χ2n) is 6.98. The number of nitrogens with one attached hydrogen (secondary N) is 1. The number of carbonyl (C=O) groups is 1. The van der Waals surface area contributed by atoms with Crippen LogP contribution in [0, 0.1) is 0 Å². The van der Waals surface area contributed by atoms with E-state index >= 15 is 0 Å². The minimum Gasteiger partial charge on any atom is -0.490 e. The predicted molar refractivity (Wildman–Crippen MR) is 99.3 cm³/mol. The van der Waals surface area contributed by atoms with Crippen molar-refractivity contribution in [2.24, 2.45) is 0 Å². The zero-order chi connectivity index (χ0) is 18.2. The zero-order valence-electron chi connectivity index (χ0n) is 15.6. The van der Waals surface area contributed by atoms with Crippen LogP contribution in [0.3, 0.4) is 0 Å². The van der Waals surface area contributed by atoms with E-state index < -0.39 is 0 Å². The first-order valence-corrected chi connectivity index (χ1v) is 9.58. The smallest absolute Gasteiger partial charge is 0.317 e. The van der Waals surface area contributed by atoms with Gasteiger partial charge in [-0.1, -0.05) is 0 Å². The molecule has 1 N–H and O–H groups in total. The van der Waals surface area contributed by atoms with Crippen LogP contribution >= 0.6 is 0 Å². The minimum absolute atomic E-state index is 0.0324. The number of hydrogen-bond acceptors (Lipinski definition) is 5. The van der Waals surface area contributed by atoms with Gasteiger partial charge in [0.15, 0.2) is 0 Å². The highest BCUT2D eigenvalue weighted by molar-refractivity contribution is 5.74. The number of hydrogen-bond donors (Lipinski definition) is 1. The van der Waals surface area contributed by atoms with Crippen molar-refractivity contribution < 1.29 is 14.3 Å². The SMILES string of the molecule is COCCNC(=O)N1CCC(N2CCC(Oc3ccncc3)CC2)CC1. The summed E-state index contributed by atoms with van der Waals surface area (Å²) in [6.45, 7) is 4.92. The summed E-state index contributed by atoms with van der Waals surface area (Å²) in [5, 5.41) is 2.90. The summed E-state index contributed by atoms with van der Waals surface area (Å²) in [6.07, 6.45) is 8.04. The van der Waals surface area contributed by atoms with Crippen LogP contribution in [0.15, 0.2) is 24.5 Å². The summed E-state index contributed by atoms with van der Waals surface area (Å²) < 4.78 is 11.0. The molecule has 7 nitrogen and oxygen atoms in total. The molecule has 3 heterocycles. The Balaban J connectivity index is 1.36. The number of likely N-dealkylation sites (tertiary alicyclic amines) is 2. The molecule has 0 atom stereocenters. The summed E-state index contributed by atoms with van der Waals surface area (Å²) in [5.41, 5.74) is 0. The summed E-state index contributed by atoms with van der Waals surface area (Å²) in [6, 6.07) is 4.45. The Bertz CT molecular complexity index is 541. The lowest BCUT2D eigenvalue weighted by atomic mass is 9.99. The normalized spacial score (nSPS) is 20.1. The van der Waals surface area contributed by atoms with Crippen molar-refractivity contribution in [3.05, 3.63) is 24.5 Å². The van der Waals surface area contributed by atoms with Gasteiger partial charge in [0.05, 0.1) is 6.61 Å². The molecule has 2 aliphatic heterocycles. The van der Waals surface area contributed by atoms with E-state index in [0.29, 0.717) is 25.3 Å². The number of aromatic nitrogens is 1. The Morgan fingerprint density at radius 1 is 1.15 bits per heavy atom. The quantitative estimate of drug-likeness (QED) is 0.781. The van der Waals surface area contributed by atoms with Gasteiger partial charge in [0, 0.05) is 58.3 Å². The first kappa shape index (κ1) is 18.9. The number of pyridine rings is 1. The van der Waals surface area contributed by atoms with Crippen molar-refractivity contribution in [1.29, 1.82) is 0 Å². The van der Waals surface area contributed by atoms with Crippen LogP contribution in [0.2, 0.25) is 0 Å². The van der Waals surface area contributed by atoms with Gasteiger partial charge in [-0.15, -0.1) is 0 Å². The highest BCUT2D eigenvalue weighted by atomic mass is 16.5. The minimum atomic E-state index is 0.0324. The third-order valence-corrected chi connectivity index (χ3v) is 5.28. The molecular weight excluding hydrogens is 332 g/mol. The largest absolute Gasteiger partial charge is 0.490 e. The molecule has 144 valence electrons. The van der Waals surface area contributed by atoms with Crippen LogP contribution in [0.5, 0.6) is 5.75 Å². The van der Waals surface area contributed by atoms with E-state index in [0.717, 1.165) is 57.6 Å². The second-order valence-corrected chi connectivity index (χ2v) is 6.98. The molecule has 1 aromatic heterocycles. The molecule has 2 aliphatic rings. The average Bonchev–Trinajstić information content (AvgIpc) is 2.70. The lowest BCUT2D eigenvalue weighted by Gasteiger charge is -2.41. The molecule has 26 heavy (non-hydrogen) atoms. The van der Waals surface area contributed by atoms with Gasteiger partial charge in [-0.2, -0.15) is 0 Å². The highest BCUT2D eigenvalue weighted by Gasteiger charge is 2.30. The maximum atomic E-state index is 12.1. The van der Waals surface area contributed by atoms with Crippen molar-refractivity contribution in [1.82, 2.24) is 20.1 Å². The molecule has 3 rings (SSSR count). The molecule has 0 aliphatic carbocycles. The van der Waals surface area contributed by atoms with Gasteiger partial charge in [0.25, 0.3) is 0 Å². The molecule has 2 fully saturated rings. The lowest BCUT2D eigenvalue weighted by Crippen LogP contribution is -2.52. The monoisotopic (exact) mass is 362 g/mol. The van der Waals surface area contributed by atoms with Crippen molar-refractivity contribution in [3.8, 4) is 5.75 Å². The highest BCUT2D eigenvalue weighted by Crippen LogP contribution is 2.23. The number of rotatable bonds is 6. The Kier molecular flexibility index (Phi) is 7.08. The molecule has 2 saturated heterocycles. The zero-order valence-corrected chi connectivity index (χ0v) is 15.6. The molecular formula is C19H30N4O3. The van der Waals surface area contributed by atoms with E-state index in [9.17, 15) is 4.79 Å². The van der Waals surface area contributed by atoms with E-state index in [1.807, 2.05) is 17.0 Å². The Hall–Kier alpha value is -1.86. The van der Waals surface area contributed by atoms with Gasteiger partial charge in [0.2, 0.25) is 0 Å². The molecule has 0 saturated carbocycles. The van der Waals surface area contributed by atoms with Gasteiger partial charge < -0.3 is 19.7 Å². The Labute approximate surface area is 155 Å². The summed E-state index contributed by atoms with van der Waals surface area (Å²) in [7, 11) is 1.64. The summed E-state index contributed by atoms with van der Waals surface area (Å²) in [5.74, 6) is 0.909. The van der Waals surface area contributed by atoms with Crippen LogP contribution in [0.4, 0.5) is 4.79 Å². The van der Waals surface area contributed by atoms with Crippen molar-refractivity contribution in [2.75, 3.05) is 46.4 Å². The third-order valence-electron chi connectivity index (χ3n) is 5.28. The molecule has 7 heteroatoms. The van der Waals surface area contributed by atoms with E-state index in [1.54, 1.807) is 19.5 Å². The molecule has 0 unspecified atom stereocenters. The van der Waals surface area contributed by atoms with E-state index in [2.05, 4.69) is 15.2 Å². The number of urea groups is 1. The summed E-state index contributed by atoms with van der Waals surface area (Å²) >= 11 is 0. The van der Waals surface area contributed by atoms with Gasteiger partial charge in [-0.05, 0) is 37.8 Å². The van der Waals surface area contributed by atoms with Crippen molar-refractivity contribution in [2.45, 2.75) is 37.8 Å². The predicted octanol–water partition coefficient (Wildman–Crippen LogP) is 1.75. The summed E-state index contributed by atoms with van der Waals surface area (Å²) in [4.78, 5) is 20.6. The second kappa shape index (κ2) is 9.73. The van der Waals surface area contributed by atoms with Gasteiger partial charge in [-0.3, -0.25) is 9.88 Å². The van der Waals surface area contributed by atoms with Gasteiger partial charge in [-0.25, -0.2) is 4.79 Å². The van der Waals surface area contributed by atoms with E-state index in [4.69, 9.17) is 9.47 Å². The first-order valence-electron chi connectivity index (χ1n) is 9.58. The van der Waals surface area contributed by atoms with E-state index in [-0.39, 0.29) is 6.03 Å². The maximum Gasteiger partial charge on any atom is 0.317 e. The van der Waals surface area contributed by atoms with E-state index in [1.165, 1.54) is 0 Å². The van der Waals surface area contributed by atoms with Gasteiger partial charge >= 0.3 is 6.03 Å². The number of amides is 2. The average molecular weight is 362 g/mol. The van der Waals surface area contributed by atoms with Crippen molar-refractivity contribution in [3.63, 3.8) is 0 Å². The van der Waals surface area contributed by atoms with Crippen LogP contribution in [-0.4, -0.2) is 79.4 Å². The fourth-order valence-electron chi connectivity index (χ4n) is 3.77. The van der Waals surface area contributed by atoms with Crippen LogP contribution < -0.4 is 10.1 Å². The van der Waals surface area contributed by atoms with Crippen LogP contribution in [-0.2, 0) is 4.74 Å². The van der Waals surface area contributed by atoms with Gasteiger partial charge in [0.1, 0.15) is 11.9 Å². The van der Waals surface area contributed by atoms with Crippen molar-refractivity contribution >= 4 is 6.03 Å². The number of ether oxygens (including phenoxy) is 2. The Morgan fingerprint density at radius 3 is 2.50 bits per heavy atom. The molecule has 0 radical (unpaired) electrons. The van der Waals surface area contributed by atoms with Crippen LogP contribution in [0.1, 0.15) is 25.7 Å². The maximum absolute atomic E-state index is 12.1. The molecule has 1 aromatic rings. The third kappa shape index (κ3) is 5.32. The molecule has 2 amide bonds. The molecule has 0 bridgehead atoms. The fraction of sp³-hybridized carbons (Fsp3) is 0.684. The Morgan fingerprint density at radius 2 is 1.85 bits per heavy atom. The first-order chi connectivity index (χ1) is 12.8. The lowest BCUT2D eigenvalue weighted by molar-refractivity contribution is 0.0534. The number of piperidine rings is 2. The molecule has 0 aromatic carbocycles. The standard InChI is InChI=1S/C19H30N4O3/c1-25-15-10-21-19(24)23-11-4-16(5-12-23)22-13-6-18(7-14-22)26-17-2-8-20-9-3-17/h2-3,8-9,16,18H,4-7,10-15H2,1H3,(H,21,24). The molecule has 0 spiro atoms. The topological polar surface area (TPSA) is 66.9 Å².